The third kappa shape index (κ3) is 3.43. The van der Waals surface area contributed by atoms with Crippen LogP contribution in [0.4, 0.5) is 0 Å². The Kier molecular flexibility index (Phi) is 4.42. The van der Waals surface area contributed by atoms with E-state index < -0.39 is 10.0 Å². The molecule has 0 bridgehead atoms. The Morgan fingerprint density at radius 1 is 1.15 bits per heavy atom. The molecule has 1 aromatic rings. The zero-order valence-electron chi connectivity index (χ0n) is 15.7. The number of carbonyl (C=O) groups excluding carboxylic acids is 1. The first kappa shape index (κ1) is 18.0. The molecule has 4 rings (SSSR count). The number of sulfonamides is 1. The molecule has 1 amide bonds. The van der Waals surface area contributed by atoms with Crippen LogP contribution >= 0.6 is 0 Å². The second-order valence-electron chi connectivity index (χ2n) is 8.35. The van der Waals surface area contributed by atoms with Gasteiger partial charge in [0, 0.05) is 43.9 Å². The summed E-state index contributed by atoms with van der Waals surface area (Å²) in [4.78, 5) is 14.7. The van der Waals surface area contributed by atoms with Gasteiger partial charge in [-0.1, -0.05) is 6.92 Å². The Bertz CT molecular complexity index is 794. The van der Waals surface area contributed by atoms with Gasteiger partial charge < -0.3 is 9.32 Å². The summed E-state index contributed by atoms with van der Waals surface area (Å²) in [6.07, 6.45) is 4.72. The number of amides is 1. The van der Waals surface area contributed by atoms with Crippen LogP contribution in [0.2, 0.25) is 0 Å². The molecule has 0 radical (unpaired) electrons. The maximum Gasteiger partial charge on any atom is 0.226 e. The lowest BCUT2D eigenvalue weighted by Gasteiger charge is -2.35. The molecular weight excluding hydrogens is 352 g/mol. The maximum atomic E-state index is 12.8. The van der Waals surface area contributed by atoms with Gasteiger partial charge in [-0.05, 0) is 43.7 Å². The van der Waals surface area contributed by atoms with Crippen LogP contribution in [0, 0.1) is 11.8 Å². The fourth-order valence-electron chi connectivity index (χ4n) is 4.27. The minimum absolute atomic E-state index is 0.0172. The van der Waals surface area contributed by atoms with Gasteiger partial charge in [-0.15, -0.1) is 0 Å². The highest BCUT2D eigenvalue weighted by Crippen LogP contribution is 2.52. The van der Waals surface area contributed by atoms with Crippen molar-refractivity contribution in [1.29, 1.82) is 0 Å². The third-order valence-electron chi connectivity index (χ3n) is 6.38. The molecule has 0 N–H and O–H groups in total. The largest absolute Gasteiger partial charge is 0.465 e. The number of rotatable bonds is 5. The Labute approximate surface area is 155 Å². The molecule has 0 spiro atoms. The number of carbonyl (C=O) groups is 1. The van der Waals surface area contributed by atoms with E-state index in [9.17, 15) is 13.2 Å². The second kappa shape index (κ2) is 6.37. The molecule has 4 unspecified atom stereocenters. The van der Waals surface area contributed by atoms with Crippen molar-refractivity contribution in [3.8, 4) is 0 Å². The van der Waals surface area contributed by atoms with E-state index in [1.165, 1.54) is 17.0 Å². The van der Waals surface area contributed by atoms with Crippen LogP contribution in [0.15, 0.2) is 16.5 Å². The molecule has 1 saturated heterocycles. The number of hydrogen-bond donors (Lipinski definition) is 0. The fourth-order valence-corrected chi connectivity index (χ4v) is 5.14. The maximum absolute atomic E-state index is 12.8. The lowest BCUT2D eigenvalue weighted by molar-refractivity contribution is -0.134. The standard InChI is InChI=1S/C19H28N2O4S/c1-12-10-14(12)17-4-5-18(25-17)15-11-16(15)19(22)20(2)13-6-8-21(9-7-13)26(3,23)24/h4-5,12-16H,6-11H2,1-3H3. The summed E-state index contributed by atoms with van der Waals surface area (Å²) in [6, 6.07) is 4.25. The number of nitrogens with zero attached hydrogens (tertiary/aromatic N) is 2. The highest BCUT2D eigenvalue weighted by Gasteiger charge is 2.49. The SMILES string of the molecule is CC1CC1c1ccc(C2CC2C(=O)N(C)C2CCN(S(C)(=O)=O)CC2)o1. The van der Waals surface area contributed by atoms with Crippen molar-refractivity contribution >= 4 is 15.9 Å². The lowest BCUT2D eigenvalue weighted by Crippen LogP contribution is -2.47. The van der Waals surface area contributed by atoms with Crippen molar-refractivity contribution < 1.29 is 17.6 Å². The number of furan rings is 1. The van der Waals surface area contributed by atoms with E-state index in [-0.39, 0.29) is 23.8 Å². The second-order valence-corrected chi connectivity index (χ2v) is 10.3. The molecule has 26 heavy (non-hydrogen) atoms. The predicted octanol–water partition coefficient (Wildman–Crippen LogP) is 2.39. The molecule has 0 aromatic carbocycles. The van der Waals surface area contributed by atoms with Gasteiger partial charge in [-0.3, -0.25) is 4.79 Å². The van der Waals surface area contributed by atoms with Gasteiger partial charge in [0.2, 0.25) is 15.9 Å². The van der Waals surface area contributed by atoms with E-state index in [1.54, 1.807) is 0 Å². The first-order valence-electron chi connectivity index (χ1n) is 9.57. The summed E-state index contributed by atoms with van der Waals surface area (Å²) >= 11 is 0. The molecule has 7 heteroatoms. The van der Waals surface area contributed by atoms with E-state index in [2.05, 4.69) is 13.0 Å². The molecular formula is C19H28N2O4S. The van der Waals surface area contributed by atoms with Crippen LogP contribution in [-0.4, -0.2) is 56.0 Å². The van der Waals surface area contributed by atoms with Crippen LogP contribution in [0.5, 0.6) is 0 Å². The summed E-state index contributed by atoms with van der Waals surface area (Å²) in [6.45, 7) is 3.23. The summed E-state index contributed by atoms with van der Waals surface area (Å²) < 4.78 is 30.8. The smallest absolute Gasteiger partial charge is 0.226 e. The molecule has 1 aromatic heterocycles. The van der Waals surface area contributed by atoms with Crippen LogP contribution in [0.1, 0.15) is 56.0 Å². The highest BCUT2D eigenvalue weighted by atomic mass is 32.2. The predicted molar refractivity (Wildman–Crippen MR) is 98.3 cm³/mol. The van der Waals surface area contributed by atoms with Gasteiger partial charge in [0.1, 0.15) is 11.5 Å². The molecule has 144 valence electrons. The van der Waals surface area contributed by atoms with Gasteiger partial charge in [0.15, 0.2) is 0 Å². The van der Waals surface area contributed by atoms with Crippen molar-refractivity contribution in [2.45, 2.75) is 50.5 Å². The van der Waals surface area contributed by atoms with Gasteiger partial charge in [-0.25, -0.2) is 12.7 Å². The normalized spacial score (nSPS) is 32.4. The molecule has 2 aliphatic carbocycles. The van der Waals surface area contributed by atoms with Crippen LogP contribution < -0.4 is 0 Å². The van der Waals surface area contributed by atoms with E-state index in [1.807, 2.05) is 18.0 Å². The summed E-state index contributed by atoms with van der Waals surface area (Å²) in [7, 11) is -1.27. The van der Waals surface area contributed by atoms with Gasteiger partial charge in [0.25, 0.3) is 0 Å². The van der Waals surface area contributed by atoms with Crippen LogP contribution in [0.25, 0.3) is 0 Å². The zero-order chi connectivity index (χ0) is 18.6. The van der Waals surface area contributed by atoms with Crippen molar-refractivity contribution in [1.82, 2.24) is 9.21 Å². The molecule has 2 saturated carbocycles. The summed E-state index contributed by atoms with van der Waals surface area (Å²) in [5.74, 6) is 3.72. The van der Waals surface area contributed by atoms with Gasteiger partial charge in [-0.2, -0.15) is 0 Å². The average molecular weight is 381 g/mol. The number of hydrogen-bond acceptors (Lipinski definition) is 4. The number of piperidine rings is 1. The minimum atomic E-state index is -3.13. The monoisotopic (exact) mass is 380 g/mol. The van der Waals surface area contributed by atoms with Crippen molar-refractivity contribution in [2.24, 2.45) is 11.8 Å². The molecule has 1 aliphatic heterocycles. The van der Waals surface area contributed by atoms with Crippen LogP contribution in [-0.2, 0) is 14.8 Å². The van der Waals surface area contributed by atoms with E-state index in [0.29, 0.717) is 31.8 Å². The van der Waals surface area contributed by atoms with Gasteiger partial charge in [0.05, 0.1) is 6.26 Å². The molecule has 3 fully saturated rings. The summed E-state index contributed by atoms with van der Waals surface area (Å²) in [5.41, 5.74) is 0. The zero-order valence-corrected chi connectivity index (χ0v) is 16.5. The van der Waals surface area contributed by atoms with Crippen molar-refractivity contribution in [3.63, 3.8) is 0 Å². The molecule has 6 nitrogen and oxygen atoms in total. The van der Waals surface area contributed by atoms with Gasteiger partial charge >= 0.3 is 0 Å². The Morgan fingerprint density at radius 2 is 1.73 bits per heavy atom. The summed E-state index contributed by atoms with van der Waals surface area (Å²) in [5, 5.41) is 0. The average Bonchev–Trinajstić information content (AvgIpc) is 3.50. The first-order valence-corrected chi connectivity index (χ1v) is 11.4. The highest BCUT2D eigenvalue weighted by molar-refractivity contribution is 7.88. The Hall–Kier alpha value is -1.34. The topological polar surface area (TPSA) is 70.8 Å². The first-order chi connectivity index (χ1) is 12.3. The molecule has 3 aliphatic rings. The minimum Gasteiger partial charge on any atom is -0.465 e. The Morgan fingerprint density at radius 3 is 2.27 bits per heavy atom. The molecule has 2 heterocycles. The molecule has 4 atom stereocenters. The van der Waals surface area contributed by atoms with Crippen molar-refractivity contribution in [2.75, 3.05) is 26.4 Å². The van der Waals surface area contributed by atoms with E-state index in [4.69, 9.17) is 4.42 Å². The third-order valence-corrected chi connectivity index (χ3v) is 7.69. The Balaban J connectivity index is 1.32. The fraction of sp³-hybridized carbons (Fsp3) is 0.737. The van der Waals surface area contributed by atoms with Crippen LogP contribution in [0.3, 0.4) is 0 Å². The van der Waals surface area contributed by atoms with E-state index >= 15 is 0 Å². The lowest BCUT2D eigenvalue weighted by atomic mass is 10.0. The van der Waals surface area contributed by atoms with Crippen molar-refractivity contribution in [3.05, 3.63) is 23.7 Å². The van der Waals surface area contributed by atoms with E-state index in [0.717, 1.165) is 23.9 Å². The quantitative estimate of drug-likeness (QED) is 0.786.